The van der Waals surface area contributed by atoms with Crippen LogP contribution < -0.4 is 14.4 Å². The lowest BCUT2D eigenvalue weighted by Crippen LogP contribution is -2.34. The summed E-state index contributed by atoms with van der Waals surface area (Å²) in [6.45, 7) is 6.50. The van der Waals surface area contributed by atoms with Gasteiger partial charge in [-0.3, -0.25) is 0 Å². The third kappa shape index (κ3) is 8.53. The fraction of sp³-hybridized carbons (Fsp3) is 0.321. The van der Waals surface area contributed by atoms with Gasteiger partial charge >= 0.3 is 11.9 Å². The standard InChI is InChI=1S/C56H57NO5/c1-3-5-7-12-39-15-17-40(18-16-39)41-19-21-43(22-20-41)54(58)61-49-30-23-42(24-31-49)44-25-32-50-45(37-44)38-52(55(59)60-4-2)51-33-34-56(62-53(50)51,46-13-8-6-9-14-46)47-26-28-48(29-27-47)57-35-10-11-36-57/h6,8-9,13-14,19-34,37-40H,3-5,7,10-12,15-18,35-36H2,1-2H3. The highest BCUT2D eigenvalue weighted by Crippen LogP contribution is 2.47. The van der Waals surface area contributed by atoms with Gasteiger partial charge in [-0.2, -0.15) is 0 Å². The molecule has 0 radical (unpaired) electrons. The van der Waals surface area contributed by atoms with E-state index in [9.17, 15) is 9.59 Å². The first-order valence-corrected chi connectivity index (χ1v) is 22.9. The third-order valence-electron chi connectivity index (χ3n) is 13.4. The van der Waals surface area contributed by atoms with Crippen LogP contribution in [0.15, 0.2) is 133 Å². The highest BCUT2D eigenvalue weighted by Gasteiger charge is 2.39. The van der Waals surface area contributed by atoms with Crippen molar-refractivity contribution in [3.63, 3.8) is 0 Å². The van der Waals surface area contributed by atoms with Crippen molar-refractivity contribution in [2.75, 3.05) is 24.6 Å². The van der Waals surface area contributed by atoms with Gasteiger partial charge < -0.3 is 19.1 Å². The molecular weight excluding hydrogens is 767 g/mol. The van der Waals surface area contributed by atoms with E-state index in [2.05, 4.69) is 84.6 Å². The van der Waals surface area contributed by atoms with Crippen molar-refractivity contribution in [3.8, 4) is 22.6 Å². The first kappa shape index (κ1) is 41.2. The van der Waals surface area contributed by atoms with Gasteiger partial charge in [0, 0.05) is 40.9 Å². The second-order valence-electron chi connectivity index (χ2n) is 17.4. The Morgan fingerprint density at radius 2 is 1.44 bits per heavy atom. The van der Waals surface area contributed by atoms with Gasteiger partial charge in [0.1, 0.15) is 11.5 Å². The zero-order valence-electron chi connectivity index (χ0n) is 36.1. The van der Waals surface area contributed by atoms with Crippen LogP contribution in [0, 0.1) is 5.92 Å². The maximum absolute atomic E-state index is 13.6. The molecule has 0 bridgehead atoms. The van der Waals surface area contributed by atoms with Crippen molar-refractivity contribution in [2.45, 2.75) is 89.6 Å². The molecule has 3 aliphatic rings. The first-order chi connectivity index (χ1) is 30.4. The zero-order valence-corrected chi connectivity index (χ0v) is 36.1. The van der Waals surface area contributed by atoms with E-state index in [0.29, 0.717) is 34.1 Å². The molecule has 1 aliphatic carbocycles. The number of esters is 2. The second-order valence-corrected chi connectivity index (χ2v) is 17.4. The minimum Gasteiger partial charge on any atom is -0.472 e. The molecule has 0 spiro atoms. The van der Waals surface area contributed by atoms with Gasteiger partial charge in [-0.05, 0) is 140 Å². The summed E-state index contributed by atoms with van der Waals surface area (Å²) in [4.78, 5) is 29.3. The Morgan fingerprint density at radius 3 is 2.15 bits per heavy atom. The molecular formula is C56H57NO5. The average molecular weight is 824 g/mol. The van der Waals surface area contributed by atoms with Gasteiger partial charge in [0.05, 0.1) is 17.7 Å². The quantitative estimate of drug-likeness (QED) is 0.0657. The Bertz CT molecular complexity index is 2530. The smallest absolute Gasteiger partial charge is 0.343 e. The van der Waals surface area contributed by atoms with Crippen LogP contribution in [0.1, 0.15) is 127 Å². The van der Waals surface area contributed by atoms with Gasteiger partial charge in [0.15, 0.2) is 5.60 Å². The molecule has 6 heteroatoms. The normalized spacial score (nSPS) is 19.5. The van der Waals surface area contributed by atoms with Crippen LogP contribution in [-0.2, 0) is 10.3 Å². The van der Waals surface area contributed by atoms with Crippen molar-refractivity contribution >= 4 is 34.5 Å². The largest absolute Gasteiger partial charge is 0.472 e. The van der Waals surface area contributed by atoms with Crippen LogP contribution in [0.5, 0.6) is 11.5 Å². The summed E-state index contributed by atoms with van der Waals surface area (Å²) < 4.78 is 18.7. The van der Waals surface area contributed by atoms with E-state index < -0.39 is 11.6 Å². The van der Waals surface area contributed by atoms with E-state index in [-0.39, 0.29) is 12.6 Å². The van der Waals surface area contributed by atoms with E-state index in [1.165, 1.54) is 75.5 Å². The number of hydrogen-bond donors (Lipinski definition) is 0. The van der Waals surface area contributed by atoms with E-state index in [1.807, 2.05) is 73.7 Å². The summed E-state index contributed by atoms with van der Waals surface area (Å²) in [7, 11) is 0. The number of ether oxygens (including phenoxy) is 3. The molecule has 6 aromatic rings. The first-order valence-electron chi connectivity index (χ1n) is 22.9. The van der Waals surface area contributed by atoms with E-state index in [0.717, 1.165) is 52.0 Å². The predicted molar refractivity (Wildman–Crippen MR) is 250 cm³/mol. The monoisotopic (exact) mass is 823 g/mol. The molecule has 2 aliphatic heterocycles. The zero-order chi connectivity index (χ0) is 42.5. The Balaban J connectivity index is 0.955. The molecule has 6 nitrogen and oxygen atoms in total. The second kappa shape index (κ2) is 18.5. The Hall–Kier alpha value is -6.14. The minimum atomic E-state index is -0.932. The summed E-state index contributed by atoms with van der Waals surface area (Å²) in [6, 6.07) is 42.8. The summed E-state index contributed by atoms with van der Waals surface area (Å²) in [5.74, 6) is 1.79. The minimum absolute atomic E-state index is 0.260. The number of carbonyl (C=O) groups excluding carboxylic acids is 2. The number of rotatable bonds is 13. The topological polar surface area (TPSA) is 65.1 Å². The van der Waals surface area contributed by atoms with Crippen molar-refractivity contribution in [2.24, 2.45) is 5.92 Å². The van der Waals surface area contributed by atoms with Crippen molar-refractivity contribution in [3.05, 3.63) is 167 Å². The molecule has 9 rings (SSSR count). The fourth-order valence-corrected chi connectivity index (χ4v) is 9.92. The summed E-state index contributed by atoms with van der Waals surface area (Å²) in [5, 5.41) is 1.74. The number of unbranched alkanes of at least 4 members (excludes halogenated alkanes) is 2. The lowest BCUT2D eigenvalue weighted by molar-refractivity contribution is 0.0524. The van der Waals surface area contributed by atoms with Crippen LogP contribution in [-0.4, -0.2) is 31.6 Å². The molecule has 2 fully saturated rings. The number of benzene rings is 6. The SMILES string of the molecule is CCCCCC1CCC(c2ccc(C(=O)Oc3ccc(-c4ccc5c6c(c(C(=O)OCC)cc5c4)C=CC(c4ccccc4)(c4ccc(N5CCCC5)cc4)O6)cc3)cc2)CC1. The maximum Gasteiger partial charge on any atom is 0.343 e. The van der Waals surface area contributed by atoms with E-state index >= 15 is 0 Å². The van der Waals surface area contributed by atoms with Gasteiger partial charge in [-0.15, -0.1) is 0 Å². The van der Waals surface area contributed by atoms with Crippen LogP contribution in [0.25, 0.3) is 28.0 Å². The number of anilines is 1. The Labute approximate surface area is 366 Å². The lowest BCUT2D eigenvalue weighted by Gasteiger charge is -2.37. The lowest BCUT2D eigenvalue weighted by atomic mass is 9.77. The molecule has 0 N–H and O–H groups in total. The average Bonchev–Trinajstić information content (AvgIpc) is 3.88. The van der Waals surface area contributed by atoms with Gasteiger partial charge in [0.2, 0.25) is 0 Å². The van der Waals surface area contributed by atoms with Gasteiger partial charge in [-0.25, -0.2) is 9.59 Å². The van der Waals surface area contributed by atoms with Gasteiger partial charge in [0.25, 0.3) is 0 Å². The van der Waals surface area contributed by atoms with Gasteiger partial charge in [-0.1, -0.05) is 111 Å². The highest BCUT2D eigenvalue weighted by molar-refractivity contribution is 6.05. The molecule has 316 valence electrons. The summed E-state index contributed by atoms with van der Waals surface area (Å²) in [6.07, 6.45) is 16.9. The van der Waals surface area contributed by atoms with Crippen molar-refractivity contribution in [1.29, 1.82) is 0 Å². The van der Waals surface area contributed by atoms with E-state index in [1.54, 1.807) is 0 Å². The van der Waals surface area contributed by atoms with Crippen LogP contribution in [0.4, 0.5) is 5.69 Å². The molecule has 6 aromatic carbocycles. The van der Waals surface area contributed by atoms with Crippen LogP contribution >= 0.6 is 0 Å². The number of nitrogens with zero attached hydrogens (tertiary/aromatic N) is 1. The highest BCUT2D eigenvalue weighted by atomic mass is 16.5. The molecule has 1 unspecified atom stereocenters. The number of fused-ring (bicyclic) bond motifs is 3. The van der Waals surface area contributed by atoms with Crippen molar-refractivity contribution in [1.82, 2.24) is 0 Å². The molecule has 0 amide bonds. The molecule has 1 atom stereocenters. The molecule has 1 saturated carbocycles. The molecule has 1 saturated heterocycles. The summed E-state index contributed by atoms with van der Waals surface area (Å²) >= 11 is 0. The molecule has 2 heterocycles. The van der Waals surface area contributed by atoms with E-state index in [4.69, 9.17) is 14.2 Å². The fourth-order valence-electron chi connectivity index (χ4n) is 9.92. The third-order valence-corrected chi connectivity index (χ3v) is 13.4. The van der Waals surface area contributed by atoms with Crippen LogP contribution in [0.3, 0.4) is 0 Å². The Kier molecular flexibility index (Phi) is 12.3. The van der Waals surface area contributed by atoms with Crippen molar-refractivity contribution < 1.29 is 23.8 Å². The molecule has 0 aromatic heterocycles. The van der Waals surface area contributed by atoms with Crippen LogP contribution in [0.2, 0.25) is 0 Å². The number of hydrogen-bond acceptors (Lipinski definition) is 6. The maximum atomic E-state index is 13.6. The summed E-state index contributed by atoms with van der Waals surface area (Å²) in [5.41, 5.74) is 7.20. The molecule has 62 heavy (non-hydrogen) atoms. The number of carbonyl (C=O) groups is 2. The predicted octanol–water partition coefficient (Wildman–Crippen LogP) is 13.7. The Morgan fingerprint density at radius 1 is 0.726 bits per heavy atom.